The quantitative estimate of drug-likeness (QED) is 0.466. The van der Waals surface area contributed by atoms with E-state index in [1.807, 2.05) is 37.4 Å². The molecule has 0 aliphatic carbocycles. The maximum absolute atomic E-state index is 14.0. The zero-order chi connectivity index (χ0) is 22.7. The molecule has 4 rings (SSSR count). The normalized spacial score (nSPS) is 12.0. The van der Waals surface area contributed by atoms with Crippen LogP contribution in [0.15, 0.2) is 60.9 Å². The van der Waals surface area contributed by atoms with Gasteiger partial charge < -0.3 is 10.4 Å². The van der Waals surface area contributed by atoms with Gasteiger partial charge in [0.05, 0.1) is 42.0 Å². The Hall–Kier alpha value is -3.85. The van der Waals surface area contributed by atoms with Gasteiger partial charge in [0.25, 0.3) is 5.91 Å². The van der Waals surface area contributed by atoms with Crippen molar-refractivity contribution in [3.05, 3.63) is 94.8 Å². The van der Waals surface area contributed by atoms with E-state index in [1.165, 1.54) is 16.8 Å². The number of nitrogens with one attached hydrogen (secondary N) is 1. The van der Waals surface area contributed by atoms with Gasteiger partial charge in [-0.15, -0.1) is 5.10 Å². The first-order valence-electron chi connectivity index (χ1n) is 10.1. The summed E-state index contributed by atoms with van der Waals surface area (Å²) in [5, 5.41) is 24.4. The molecule has 32 heavy (non-hydrogen) atoms. The highest BCUT2D eigenvalue weighted by Crippen LogP contribution is 2.18. The average Bonchev–Trinajstić information content (AvgIpc) is 3.42. The van der Waals surface area contributed by atoms with Crippen LogP contribution in [0.1, 0.15) is 45.8 Å². The average molecular weight is 434 g/mol. The lowest BCUT2D eigenvalue weighted by atomic mass is 10.1. The Morgan fingerprint density at radius 3 is 2.72 bits per heavy atom. The molecular formula is C23H23FN6O2. The molecule has 0 radical (unpaired) electrons. The van der Waals surface area contributed by atoms with Crippen molar-refractivity contribution in [3.63, 3.8) is 0 Å². The number of benzene rings is 2. The fourth-order valence-corrected chi connectivity index (χ4v) is 3.41. The number of carbonyl (C=O) groups is 1. The van der Waals surface area contributed by atoms with Gasteiger partial charge in [-0.25, -0.2) is 9.07 Å². The molecule has 0 aliphatic heterocycles. The number of rotatable bonds is 7. The van der Waals surface area contributed by atoms with Crippen LogP contribution < -0.4 is 5.32 Å². The van der Waals surface area contributed by atoms with E-state index in [-0.39, 0.29) is 18.1 Å². The Kier molecular flexibility index (Phi) is 6.09. The molecule has 2 aromatic carbocycles. The molecule has 8 nitrogen and oxygen atoms in total. The van der Waals surface area contributed by atoms with E-state index in [2.05, 4.69) is 20.7 Å². The minimum absolute atomic E-state index is 0.206. The van der Waals surface area contributed by atoms with Crippen molar-refractivity contribution in [3.8, 4) is 5.69 Å². The molecule has 2 heterocycles. The Morgan fingerprint density at radius 1 is 1.22 bits per heavy atom. The van der Waals surface area contributed by atoms with Crippen molar-refractivity contribution >= 4 is 5.91 Å². The summed E-state index contributed by atoms with van der Waals surface area (Å²) in [6, 6.07) is 13.9. The molecule has 0 fully saturated rings. The Morgan fingerprint density at radius 2 is 2.00 bits per heavy atom. The SMILES string of the molecule is CC(NC(=O)c1cnn(C)c1Cc1ccccc1)c1cn(-c2ccc(CO)c(F)c2)nn1. The highest BCUT2D eigenvalue weighted by Gasteiger charge is 2.20. The van der Waals surface area contributed by atoms with E-state index in [0.29, 0.717) is 23.4 Å². The van der Waals surface area contributed by atoms with Gasteiger partial charge >= 0.3 is 0 Å². The molecule has 164 valence electrons. The van der Waals surface area contributed by atoms with Crippen LogP contribution in [0.5, 0.6) is 0 Å². The van der Waals surface area contributed by atoms with Crippen LogP contribution >= 0.6 is 0 Å². The third-order valence-electron chi connectivity index (χ3n) is 5.29. The third kappa shape index (κ3) is 4.42. The molecule has 1 amide bonds. The molecule has 9 heteroatoms. The number of aliphatic hydroxyl groups is 1. The van der Waals surface area contributed by atoms with Crippen LogP contribution in [0, 0.1) is 5.82 Å². The first kappa shape index (κ1) is 21.4. The van der Waals surface area contributed by atoms with Crippen molar-refractivity contribution in [1.82, 2.24) is 30.1 Å². The molecule has 0 aliphatic rings. The molecule has 2 N–H and O–H groups in total. The predicted octanol–water partition coefficient (Wildman–Crippen LogP) is 2.71. The zero-order valence-corrected chi connectivity index (χ0v) is 17.7. The summed E-state index contributed by atoms with van der Waals surface area (Å²) >= 11 is 0. The van der Waals surface area contributed by atoms with Crippen molar-refractivity contribution in [2.75, 3.05) is 0 Å². The largest absolute Gasteiger partial charge is 0.392 e. The Bertz CT molecular complexity index is 1230. The summed E-state index contributed by atoms with van der Waals surface area (Å²) in [5.74, 6) is -0.782. The lowest BCUT2D eigenvalue weighted by Crippen LogP contribution is -2.27. The van der Waals surface area contributed by atoms with Gasteiger partial charge in [0.15, 0.2) is 0 Å². The highest BCUT2D eigenvalue weighted by molar-refractivity contribution is 5.95. The van der Waals surface area contributed by atoms with E-state index < -0.39 is 11.9 Å². The van der Waals surface area contributed by atoms with Crippen LogP contribution in [0.25, 0.3) is 5.69 Å². The van der Waals surface area contributed by atoms with E-state index in [0.717, 1.165) is 11.3 Å². The molecule has 2 aromatic heterocycles. The molecule has 1 unspecified atom stereocenters. The second-order valence-corrected chi connectivity index (χ2v) is 7.51. The standard InChI is InChI=1S/C23H23FN6O2/c1-15(21-13-30(28-27-21)18-9-8-17(14-31)20(24)11-18)26-23(32)19-12-25-29(2)22(19)10-16-6-4-3-5-7-16/h3-9,11-13,15,31H,10,14H2,1-2H3,(H,26,32). The van der Waals surface area contributed by atoms with Crippen LogP contribution in [-0.2, 0) is 20.1 Å². The van der Waals surface area contributed by atoms with Gasteiger partial charge in [-0.1, -0.05) is 41.6 Å². The van der Waals surface area contributed by atoms with E-state index in [1.54, 1.807) is 30.1 Å². The third-order valence-corrected chi connectivity index (χ3v) is 5.29. The van der Waals surface area contributed by atoms with Crippen LogP contribution in [0.2, 0.25) is 0 Å². The van der Waals surface area contributed by atoms with Gasteiger partial charge in [0.1, 0.15) is 11.5 Å². The Balaban J connectivity index is 1.49. The van der Waals surface area contributed by atoms with Gasteiger partial charge in [0.2, 0.25) is 0 Å². The van der Waals surface area contributed by atoms with Crippen molar-refractivity contribution < 1.29 is 14.3 Å². The number of aliphatic hydroxyl groups excluding tert-OH is 1. The van der Waals surface area contributed by atoms with Crippen molar-refractivity contribution in [1.29, 1.82) is 0 Å². The second kappa shape index (κ2) is 9.11. The minimum Gasteiger partial charge on any atom is -0.392 e. The number of aromatic nitrogens is 5. The number of halogens is 1. The molecule has 0 bridgehead atoms. The second-order valence-electron chi connectivity index (χ2n) is 7.51. The lowest BCUT2D eigenvalue weighted by molar-refractivity contribution is 0.0938. The fourth-order valence-electron chi connectivity index (χ4n) is 3.41. The van der Waals surface area contributed by atoms with Crippen LogP contribution in [0.4, 0.5) is 4.39 Å². The first-order chi connectivity index (χ1) is 15.5. The maximum Gasteiger partial charge on any atom is 0.255 e. The summed E-state index contributed by atoms with van der Waals surface area (Å²) in [6.45, 7) is 1.42. The van der Waals surface area contributed by atoms with Gasteiger partial charge in [0, 0.05) is 19.0 Å². The van der Waals surface area contributed by atoms with E-state index >= 15 is 0 Å². The van der Waals surface area contributed by atoms with Gasteiger partial charge in [-0.05, 0) is 24.6 Å². The van der Waals surface area contributed by atoms with Gasteiger partial charge in [-0.3, -0.25) is 9.48 Å². The number of amides is 1. The topological polar surface area (TPSA) is 97.9 Å². The number of hydrogen-bond donors (Lipinski definition) is 2. The predicted molar refractivity (Wildman–Crippen MR) is 116 cm³/mol. The number of hydrogen-bond acceptors (Lipinski definition) is 5. The number of nitrogens with zero attached hydrogens (tertiary/aromatic N) is 5. The number of carbonyl (C=O) groups excluding carboxylic acids is 1. The monoisotopic (exact) mass is 434 g/mol. The first-order valence-corrected chi connectivity index (χ1v) is 10.1. The Labute approximate surface area is 184 Å². The molecule has 1 atom stereocenters. The fraction of sp³-hybridized carbons (Fsp3) is 0.217. The summed E-state index contributed by atoms with van der Waals surface area (Å²) in [7, 11) is 1.81. The number of aryl methyl sites for hydroxylation is 1. The van der Waals surface area contributed by atoms with Gasteiger partial charge in [-0.2, -0.15) is 5.10 Å². The maximum atomic E-state index is 14.0. The molecule has 4 aromatic rings. The minimum atomic E-state index is -0.522. The zero-order valence-electron chi connectivity index (χ0n) is 17.7. The molecule has 0 saturated heterocycles. The van der Waals surface area contributed by atoms with Crippen molar-refractivity contribution in [2.24, 2.45) is 7.05 Å². The smallest absolute Gasteiger partial charge is 0.255 e. The molecular weight excluding hydrogens is 411 g/mol. The van der Waals surface area contributed by atoms with E-state index in [9.17, 15) is 9.18 Å². The molecule has 0 saturated carbocycles. The molecule has 0 spiro atoms. The van der Waals surface area contributed by atoms with E-state index in [4.69, 9.17) is 5.11 Å². The summed E-state index contributed by atoms with van der Waals surface area (Å²) in [4.78, 5) is 13.0. The van der Waals surface area contributed by atoms with Crippen LogP contribution in [0.3, 0.4) is 0 Å². The summed E-state index contributed by atoms with van der Waals surface area (Å²) < 4.78 is 17.1. The van der Waals surface area contributed by atoms with Crippen molar-refractivity contribution in [2.45, 2.75) is 26.0 Å². The summed E-state index contributed by atoms with van der Waals surface area (Å²) in [5.41, 5.74) is 3.59. The van der Waals surface area contributed by atoms with Crippen LogP contribution in [-0.4, -0.2) is 35.8 Å². The summed E-state index contributed by atoms with van der Waals surface area (Å²) in [6.07, 6.45) is 3.77. The lowest BCUT2D eigenvalue weighted by Gasteiger charge is -2.12. The highest BCUT2D eigenvalue weighted by atomic mass is 19.1.